The summed E-state index contributed by atoms with van der Waals surface area (Å²) in [6.45, 7) is 8.18. The molecular formula is C26H36N4O4. The molecule has 184 valence electrons. The van der Waals surface area contributed by atoms with Crippen molar-refractivity contribution in [1.82, 2.24) is 9.80 Å². The first kappa shape index (κ1) is 25.8. The molecule has 34 heavy (non-hydrogen) atoms. The molecule has 0 aliphatic carbocycles. The second-order valence-corrected chi connectivity index (χ2v) is 8.82. The van der Waals surface area contributed by atoms with Crippen molar-refractivity contribution < 1.29 is 19.5 Å². The third-order valence-electron chi connectivity index (χ3n) is 6.33. The van der Waals surface area contributed by atoms with Gasteiger partial charge in [-0.25, -0.2) is 4.90 Å². The Balaban J connectivity index is 1.49. The molecule has 0 spiro atoms. The second-order valence-electron chi connectivity index (χ2n) is 8.82. The van der Waals surface area contributed by atoms with E-state index in [9.17, 15) is 19.5 Å². The van der Waals surface area contributed by atoms with Crippen molar-refractivity contribution >= 4 is 29.5 Å². The van der Waals surface area contributed by atoms with Crippen LogP contribution in [0, 0.1) is 0 Å². The molecule has 0 unspecified atom stereocenters. The first-order chi connectivity index (χ1) is 16.5. The number of nitrogens with zero attached hydrogens (tertiary/aromatic N) is 4. The van der Waals surface area contributed by atoms with Crippen molar-refractivity contribution in [3.8, 4) is 0 Å². The summed E-state index contributed by atoms with van der Waals surface area (Å²) in [6, 6.07) is 8.70. The van der Waals surface area contributed by atoms with Crippen LogP contribution in [0.15, 0.2) is 46.7 Å². The number of aliphatic hydroxyl groups is 1. The van der Waals surface area contributed by atoms with Gasteiger partial charge >= 0.3 is 0 Å². The van der Waals surface area contributed by atoms with Gasteiger partial charge in [0.25, 0.3) is 5.91 Å². The molecule has 8 nitrogen and oxygen atoms in total. The standard InChI is InChI=1S/C26H36N4O4/c1-3-8-23(31)21(24(32)9-4-2)19-27-12-13-28-14-16-29(17-15-28)22-18-25(33)30(26(22)34)20-10-6-5-7-11-20/h5-7,10-11,19,22,31H,3-4,8-9,12-18H2,1-2H3/b23-21+,27-19?/t22-/m0/s1. The summed E-state index contributed by atoms with van der Waals surface area (Å²) < 4.78 is 0. The van der Waals surface area contributed by atoms with Crippen LogP contribution in [-0.2, 0) is 14.4 Å². The van der Waals surface area contributed by atoms with Crippen molar-refractivity contribution in [2.45, 2.75) is 52.0 Å². The highest BCUT2D eigenvalue weighted by Gasteiger charge is 2.43. The highest BCUT2D eigenvalue weighted by molar-refractivity contribution is 6.22. The Morgan fingerprint density at radius 1 is 1.06 bits per heavy atom. The van der Waals surface area contributed by atoms with Crippen molar-refractivity contribution in [3.05, 3.63) is 41.7 Å². The zero-order chi connectivity index (χ0) is 24.5. The van der Waals surface area contributed by atoms with Gasteiger partial charge in [-0.15, -0.1) is 0 Å². The number of carbonyl (C=O) groups is 3. The van der Waals surface area contributed by atoms with Crippen LogP contribution >= 0.6 is 0 Å². The number of Topliss-reactive ketones (excluding diaryl/α,β-unsaturated/α-hetero) is 1. The highest BCUT2D eigenvalue weighted by Crippen LogP contribution is 2.26. The summed E-state index contributed by atoms with van der Waals surface area (Å²) in [4.78, 5) is 47.9. The van der Waals surface area contributed by atoms with Gasteiger partial charge in [0, 0.05) is 51.8 Å². The molecule has 2 aliphatic heterocycles. The van der Waals surface area contributed by atoms with Gasteiger partial charge in [0.15, 0.2) is 5.78 Å². The first-order valence-electron chi connectivity index (χ1n) is 12.3. The fraction of sp³-hybridized carbons (Fsp3) is 0.538. The smallest absolute Gasteiger partial charge is 0.251 e. The van der Waals surface area contributed by atoms with E-state index in [2.05, 4.69) is 14.8 Å². The van der Waals surface area contributed by atoms with Crippen LogP contribution in [0.25, 0.3) is 0 Å². The summed E-state index contributed by atoms with van der Waals surface area (Å²) in [7, 11) is 0. The lowest BCUT2D eigenvalue weighted by atomic mass is 10.0. The number of allylic oxidation sites excluding steroid dienone is 2. The molecule has 3 rings (SSSR count). The number of aliphatic hydroxyl groups excluding tert-OH is 1. The molecule has 8 heteroatoms. The summed E-state index contributed by atoms with van der Waals surface area (Å²) >= 11 is 0. The van der Waals surface area contributed by atoms with E-state index in [1.54, 1.807) is 12.1 Å². The van der Waals surface area contributed by atoms with E-state index < -0.39 is 6.04 Å². The maximum Gasteiger partial charge on any atom is 0.251 e. The van der Waals surface area contributed by atoms with Crippen molar-refractivity contribution in [3.63, 3.8) is 0 Å². The zero-order valence-electron chi connectivity index (χ0n) is 20.3. The summed E-state index contributed by atoms with van der Waals surface area (Å²) in [6.07, 6.45) is 4.13. The molecule has 2 saturated heterocycles. The minimum atomic E-state index is -0.397. The van der Waals surface area contributed by atoms with Gasteiger partial charge in [0.1, 0.15) is 5.76 Å². The summed E-state index contributed by atoms with van der Waals surface area (Å²) in [5.74, 6) is -0.229. The van der Waals surface area contributed by atoms with Crippen molar-refractivity contribution in [1.29, 1.82) is 0 Å². The van der Waals surface area contributed by atoms with Crippen LogP contribution in [0.2, 0.25) is 0 Å². The quantitative estimate of drug-likeness (QED) is 0.232. The van der Waals surface area contributed by atoms with Crippen LogP contribution < -0.4 is 4.90 Å². The van der Waals surface area contributed by atoms with E-state index >= 15 is 0 Å². The lowest BCUT2D eigenvalue weighted by Crippen LogP contribution is -2.52. The minimum absolute atomic E-state index is 0.0638. The molecule has 0 aromatic heterocycles. The lowest BCUT2D eigenvalue weighted by molar-refractivity contribution is -0.123. The Labute approximate surface area is 201 Å². The Bertz CT molecular complexity index is 920. The number of hydrogen-bond acceptors (Lipinski definition) is 7. The highest BCUT2D eigenvalue weighted by atomic mass is 16.3. The molecule has 0 saturated carbocycles. The SMILES string of the molecule is CCCC(=O)/C(C=NCCN1CCN([C@H]2CC(=O)N(c3ccccc3)C2=O)CC1)=C(/O)CCC. The predicted molar refractivity (Wildman–Crippen MR) is 133 cm³/mol. The number of para-hydroxylation sites is 1. The fourth-order valence-corrected chi connectivity index (χ4v) is 4.44. The number of ketones is 1. The van der Waals surface area contributed by atoms with Gasteiger partial charge in [-0.2, -0.15) is 0 Å². The fourth-order valence-electron chi connectivity index (χ4n) is 4.44. The first-order valence-corrected chi connectivity index (χ1v) is 12.3. The number of rotatable bonds is 11. The normalized spacial score (nSPS) is 20.9. The van der Waals surface area contributed by atoms with Crippen LogP contribution in [0.4, 0.5) is 5.69 Å². The van der Waals surface area contributed by atoms with E-state index in [-0.39, 0.29) is 29.8 Å². The number of amides is 2. The maximum absolute atomic E-state index is 13.0. The van der Waals surface area contributed by atoms with E-state index in [0.29, 0.717) is 43.7 Å². The van der Waals surface area contributed by atoms with E-state index in [1.165, 1.54) is 11.1 Å². The largest absolute Gasteiger partial charge is 0.512 e. The number of imide groups is 1. The molecule has 2 heterocycles. The number of benzene rings is 1. The van der Waals surface area contributed by atoms with Crippen molar-refractivity contribution in [2.24, 2.45) is 4.99 Å². The monoisotopic (exact) mass is 468 g/mol. The predicted octanol–water partition coefficient (Wildman–Crippen LogP) is 2.99. The summed E-state index contributed by atoms with van der Waals surface area (Å²) in [5, 5.41) is 10.2. The Morgan fingerprint density at radius 2 is 1.74 bits per heavy atom. The van der Waals surface area contributed by atoms with Gasteiger partial charge in [-0.05, 0) is 25.0 Å². The Morgan fingerprint density at radius 3 is 2.38 bits per heavy atom. The lowest BCUT2D eigenvalue weighted by Gasteiger charge is -2.36. The molecular weight excluding hydrogens is 432 g/mol. The third kappa shape index (κ3) is 6.39. The number of hydrogen-bond donors (Lipinski definition) is 1. The van der Waals surface area contributed by atoms with Gasteiger partial charge in [-0.1, -0.05) is 32.0 Å². The molecule has 0 radical (unpaired) electrons. The number of piperazine rings is 1. The van der Waals surface area contributed by atoms with Crippen LogP contribution in [0.5, 0.6) is 0 Å². The maximum atomic E-state index is 13.0. The van der Waals surface area contributed by atoms with Gasteiger partial charge in [0.2, 0.25) is 5.91 Å². The zero-order valence-corrected chi connectivity index (χ0v) is 20.3. The van der Waals surface area contributed by atoms with Gasteiger partial charge in [-0.3, -0.25) is 29.2 Å². The average molecular weight is 469 g/mol. The van der Waals surface area contributed by atoms with Crippen molar-refractivity contribution in [2.75, 3.05) is 44.2 Å². The van der Waals surface area contributed by atoms with Crippen LogP contribution in [0.3, 0.4) is 0 Å². The number of carbonyl (C=O) groups excluding carboxylic acids is 3. The molecule has 1 atom stereocenters. The van der Waals surface area contributed by atoms with Gasteiger partial charge in [0.05, 0.1) is 30.3 Å². The van der Waals surface area contributed by atoms with Gasteiger partial charge < -0.3 is 5.11 Å². The molecule has 2 fully saturated rings. The topological polar surface area (TPSA) is 93.5 Å². The average Bonchev–Trinajstić information content (AvgIpc) is 3.14. The molecule has 2 aliphatic rings. The van der Waals surface area contributed by atoms with Crippen LogP contribution in [0.1, 0.15) is 46.0 Å². The number of anilines is 1. The van der Waals surface area contributed by atoms with E-state index in [4.69, 9.17) is 0 Å². The minimum Gasteiger partial charge on any atom is -0.512 e. The number of aliphatic imine (C=N–C) groups is 1. The van der Waals surface area contributed by atoms with Crippen LogP contribution in [-0.4, -0.2) is 84.0 Å². The Kier molecular flexibility index (Phi) is 9.53. The Hall–Kier alpha value is -2.84. The molecule has 2 amide bonds. The summed E-state index contributed by atoms with van der Waals surface area (Å²) in [5.41, 5.74) is 0.966. The second kappa shape index (κ2) is 12.6. The molecule has 1 N–H and O–H groups in total. The molecule has 1 aromatic carbocycles. The molecule has 1 aromatic rings. The molecule has 0 bridgehead atoms. The van der Waals surface area contributed by atoms with E-state index in [1.807, 2.05) is 32.0 Å². The third-order valence-corrected chi connectivity index (χ3v) is 6.33. The van der Waals surface area contributed by atoms with E-state index in [0.717, 1.165) is 32.5 Å².